The Labute approximate surface area is 92.4 Å². The molecule has 0 radical (unpaired) electrons. The van der Waals surface area contributed by atoms with Crippen LogP contribution >= 0.6 is 0 Å². The van der Waals surface area contributed by atoms with Crippen LogP contribution < -0.4 is 0 Å². The Bertz CT molecular complexity index is 548. The molecule has 16 heavy (non-hydrogen) atoms. The zero-order valence-electron chi connectivity index (χ0n) is 8.68. The molecule has 2 aromatic rings. The fraction of sp³-hybridized carbons (Fsp3) is 0.0909. The molecular weight excluding hydrogens is 202 g/mol. The van der Waals surface area contributed by atoms with E-state index in [0.29, 0.717) is 11.4 Å². The fourth-order valence-corrected chi connectivity index (χ4v) is 1.33. The van der Waals surface area contributed by atoms with E-state index < -0.39 is 0 Å². The Kier molecular flexibility index (Phi) is 2.74. The zero-order chi connectivity index (χ0) is 11.4. The van der Waals surface area contributed by atoms with Gasteiger partial charge in [0, 0.05) is 0 Å². The lowest BCUT2D eigenvalue weighted by atomic mass is 10.1. The van der Waals surface area contributed by atoms with E-state index in [-0.39, 0.29) is 0 Å². The number of benzene rings is 1. The van der Waals surface area contributed by atoms with E-state index in [9.17, 15) is 0 Å². The highest BCUT2D eigenvalue weighted by Crippen LogP contribution is 2.15. The van der Waals surface area contributed by atoms with Crippen LogP contribution in [0.25, 0.3) is 11.6 Å². The fourth-order valence-electron chi connectivity index (χ4n) is 1.33. The average molecular weight is 211 g/mol. The van der Waals surface area contributed by atoms with Crippen LogP contribution in [0, 0.1) is 18.3 Å². The molecule has 0 aliphatic rings. The molecule has 0 fully saturated rings. The molecule has 78 valence electrons. The second kappa shape index (κ2) is 4.36. The molecule has 1 aromatic heterocycles. The summed E-state index contributed by atoms with van der Waals surface area (Å²) in [6, 6.07) is 9.85. The lowest BCUT2D eigenvalue weighted by Crippen LogP contribution is -1.87. The van der Waals surface area contributed by atoms with Crippen molar-refractivity contribution in [3.63, 3.8) is 0 Å². The van der Waals surface area contributed by atoms with E-state index >= 15 is 0 Å². The van der Waals surface area contributed by atoms with Crippen LogP contribution in [-0.4, -0.2) is 20.6 Å². The minimum Gasteiger partial charge on any atom is -0.192 e. The van der Waals surface area contributed by atoms with E-state index in [1.807, 2.05) is 31.2 Å². The van der Waals surface area contributed by atoms with Crippen LogP contribution in [0.2, 0.25) is 0 Å². The van der Waals surface area contributed by atoms with E-state index in [1.54, 1.807) is 6.08 Å². The lowest BCUT2D eigenvalue weighted by molar-refractivity contribution is 0.881. The van der Waals surface area contributed by atoms with Gasteiger partial charge in [0.2, 0.25) is 5.82 Å². The SMILES string of the molecule is Cc1ccccc1/C=C(\C#N)c1nn[nH]n1. The number of allylic oxidation sites excluding steroid dienone is 1. The Morgan fingerprint density at radius 1 is 1.44 bits per heavy atom. The first-order valence-electron chi connectivity index (χ1n) is 4.72. The summed E-state index contributed by atoms with van der Waals surface area (Å²) < 4.78 is 0. The molecule has 0 bridgehead atoms. The lowest BCUT2D eigenvalue weighted by Gasteiger charge is -1.98. The molecule has 0 atom stereocenters. The molecule has 0 unspecified atom stereocenters. The van der Waals surface area contributed by atoms with Gasteiger partial charge in [-0.15, -0.1) is 10.2 Å². The second-order valence-electron chi connectivity index (χ2n) is 3.26. The third kappa shape index (κ3) is 1.96. The van der Waals surface area contributed by atoms with Gasteiger partial charge in [-0.2, -0.15) is 10.5 Å². The van der Waals surface area contributed by atoms with Crippen LogP contribution in [0.15, 0.2) is 24.3 Å². The molecule has 1 N–H and O–H groups in total. The summed E-state index contributed by atoms with van der Waals surface area (Å²) in [6.45, 7) is 1.98. The highest BCUT2D eigenvalue weighted by molar-refractivity contribution is 5.87. The molecule has 0 saturated carbocycles. The number of aryl methyl sites for hydroxylation is 1. The van der Waals surface area contributed by atoms with Crippen LogP contribution in [0.3, 0.4) is 0 Å². The number of nitrogens with zero attached hydrogens (tertiary/aromatic N) is 4. The van der Waals surface area contributed by atoms with Gasteiger partial charge < -0.3 is 0 Å². The Morgan fingerprint density at radius 3 is 2.88 bits per heavy atom. The molecule has 1 heterocycles. The molecule has 0 aliphatic carbocycles. The molecule has 5 nitrogen and oxygen atoms in total. The van der Waals surface area contributed by atoms with Crippen molar-refractivity contribution in [1.82, 2.24) is 20.6 Å². The van der Waals surface area contributed by atoms with Crippen molar-refractivity contribution in [3.05, 3.63) is 41.2 Å². The number of rotatable bonds is 2. The molecule has 0 aliphatic heterocycles. The Balaban J connectivity index is 2.44. The van der Waals surface area contributed by atoms with Crippen molar-refractivity contribution in [1.29, 1.82) is 5.26 Å². The van der Waals surface area contributed by atoms with E-state index in [1.165, 1.54) is 0 Å². The summed E-state index contributed by atoms with van der Waals surface area (Å²) in [5, 5.41) is 22.3. The van der Waals surface area contributed by atoms with Crippen LogP contribution in [0.4, 0.5) is 0 Å². The summed E-state index contributed by atoms with van der Waals surface area (Å²) in [6.07, 6.45) is 1.75. The van der Waals surface area contributed by atoms with Gasteiger partial charge in [-0.25, -0.2) is 0 Å². The van der Waals surface area contributed by atoms with Gasteiger partial charge in [-0.05, 0) is 29.3 Å². The quantitative estimate of drug-likeness (QED) is 0.765. The van der Waals surface area contributed by atoms with Crippen molar-refractivity contribution >= 4 is 11.6 Å². The summed E-state index contributed by atoms with van der Waals surface area (Å²) in [4.78, 5) is 0. The van der Waals surface area contributed by atoms with Crippen LogP contribution in [0.1, 0.15) is 17.0 Å². The molecule has 0 spiro atoms. The summed E-state index contributed by atoms with van der Waals surface area (Å²) in [5.41, 5.74) is 2.46. The van der Waals surface area contributed by atoms with Gasteiger partial charge in [-0.3, -0.25) is 0 Å². The number of nitriles is 1. The first kappa shape index (κ1) is 10.1. The molecule has 5 heteroatoms. The summed E-state index contributed by atoms with van der Waals surface area (Å²) >= 11 is 0. The van der Waals surface area contributed by atoms with Gasteiger partial charge in [0.25, 0.3) is 0 Å². The van der Waals surface area contributed by atoms with Crippen LogP contribution in [0.5, 0.6) is 0 Å². The van der Waals surface area contributed by atoms with Gasteiger partial charge in [-0.1, -0.05) is 24.3 Å². The van der Waals surface area contributed by atoms with Gasteiger partial charge in [0.15, 0.2) is 0 Å². The molecule has 0 saturated heterocycles. The minimum atomic E-state index is 0.311. The monoisotopic (exact) mass is 211 g/mol. The molecule has 1 aromatic carbocycles. The number of hydrogen-bond donors (Lipinski definition) is 1. The van der Waals surface area contributed by atoms with Crippen molar-refractivity contribution in [2.45, 2.75) is 6.92 Å². The number of aromatic amines is 1. The predicted octanol–water partition coefficient (Wildman–Crippen LogP) is 1.57. The van der Waals surface area contributed by atoms with Gasteiger partial charge in [0.1, 0.15) is 11.6 Å². The van der Waals surface area contributed by atoms with Crippen molar-refractivity contribution in [3.8, 4) is 6.07 Å². The van der Waals surface area contributed by atoms with Crippen molar-refractivity contribution in [2.75, 3.05) is 0 Å². The first-order valence-corrected chi connectivity index (χ1v) is 4.72. The number of hydrogen-bond acceptors (Lipinski definition) is 4. The van der Waals surface area contributed by atoms with Crippen molar-refractivity contribution in [2.24, 2.45) is 0 Å². The zero-order valence-corrected chi connectivity index (χ0v) is 8.68. The smallest absolute Gasteiger partial charge is 0.192 e. The highest BCUT2D eigenvalue weighted by atomic mass is 15.5. The molecular formula is C11H9N5. The second-order valence-corrected chi connectivity index (χ2v) is 3.26. The number of aromatic nitrogens is 4. The van der Waals surface area contributed by atoms with Crippen LogP contribution in [-0.2, 0) is 0 Å². The standard InChI is InChI=1S/C11H9N5/c1-8-4-2-3-5-9(8)6-10(7-12)11-13-15-16-14-11/h2-6H,1H3,(H,13,14,15,16)/b10-6+. The maximum absolute atomic E-state index is 9.01. The maximum Gasteiger partial charge on any atom is 0.215 e. The average Bonchev–Trinajstić information content (AvgIpc) is 2.81. The van der Waals surface area contributed by atoms with E-state index in [0.717, 1.165) is 11.1 Å². The Hall–Kier alpha value is -2.48. The molecule has 0 amide bonds. The van der Waals surface area contributed by atoms with Crippen molar-refractivity contribution < 1.29 is 0 Å². The topological polar surface area (TPSA) is 78.2 Å². The van der Waals surface area contributed by atoms with E-state index in [2.05, 4.69) is 26.7 Å². The predicted molar refractivity (Wildman–Crippen MR) is 58.8 cm³/mol. The van der Waals surface area contributed by atoms with Gasteiger partial charge >= 0.3 is 0 Å². The molecule has 2 rings (SSSR count). The van der Waals surface area contributed by atoms with E-state index in [4.69, 9.17) is 5.26 Å². The number of H-pyrrole nitrogens is 1. The highest BCUT2D eigenvalue weighted by Gasteiger charge is 2.06. The minimum absolute atomic E-state index is 0.311. The number of nitrogens with one attached hydrogen (secondary N) is 1. The number of tetrazole rings is 1. The first-order chi connectivity index (χ1) is 7.81. The Morgan fingerprint density at radius 2 is 2.25 bits per heavy atom. The van der Waals surface area contributed by atoms with Gasteiger partial charge in [0.05, 0.1) is 0 Å². The summed E-state index contributed by atoms with van der Waals surface area (Å²) in [5.74, 6) is 0.311. The normalized spacial score (nSPS) is 11.1. The maximum atomic E-state index is 9.01. The largest absolute Gasteiger partial charge is 0.215 e. The summed E-state index contributed by atoms with van der Waals surface area (Å²) in [7, 11) is 0. The third-order valence-corrected chi connectivity index (χ3v) is 2.19. The third-order valence-electron chi connectivity index (χ3n) is 2.19.